The van der Waals surface area contributed by atoms with E-state index in [1.54, 1.807) is 0 Å². The van der Waals surface area contributed by atoms with Crippen molar-refractivity contribution in [3.63, 3.8) is 0 Å². The highest BCUT2D eigenvalue weighted by Gasteiger charge is 2.19. The normalized spacial score (nSPS) is 15.1. The van der Waals surface area contributed by atoms with Gasteiger partial charge in [-0.2, -0.15) is 0 Å². The van der Waals surface area contributed by atoms with Crippen molar-refractivity contribution in [2.75, 3.05) is 31.2 Å². The quantitative estimate of drug-likeness (QED) is 0.822. The van der Waals surface area contributed by atoms with Crippen LogP contribution < -0.4 is 10.2 Å². The minimum Gasteiger partial charge on any atom is -0.381 e. The van der Waals surface area contributed by atoms with Crippen LogP contribution in [-0.2, 0) is 16.1 Å². The zero-order valence-electron chi connectivity index (χ0n) is 10.8. The van der Waals surface area contributed by atoms with Gasteiger partial charge in [0.2, 0.25) is 5.91 Å². The summed E-state index contributed by atoms with van der Waals surface area (Å²) in [5.74, 6) is 0.139. The molecular weight excluding hydrogens is 228 g/mol. The van der Waals surface area contributed by atoms with Crippen LogP contribution in [-0.4, -0.2) is 32.2 Å². The largest absolute Gasteiger partial charge is 0.381 e. The molecule has 18 heavy (non-hydrogen) atoms. The maximum Gasteiger partial charge on any atom is 0.229 e. The van der Waals surface area contributed by atoms with E-state index < -0.39 is 0 Å². The van der Waals surface area contributed by atoms with Crippen LogP contribution in [0.3, 0.4) is 0 Å². The van der Waals surface area contributed by atoms with Crippen molar-refractivity contribution in [3.8, 4) is 0 Å². The third kappa shape index (κ3) is 3.09. The number of ether oxygens (including phenoxy) is 1. The number of rotatable bonds is 4. The monoisotopic (exact) mass is 248 g/mol. The second-order valence-electron chi connectivity index (χ2n) is 4.30. The van der Waals surface area contributed by atoms with Gasteiger partial charge in [-0.15, -0.1) is 0 Å². The standard InChI is InChI=1S/C14H20N2O2/c1-2-18-10-7-14(17)16-9-8-15-11-12-5-3-4-6-13(12)16/h3-6,15H,2,7-11H2,1H3. The molecule has 2 rings (SSSR count). The molecule has 1 heterocycles. The van der Waals surface area contributed by atoms with Crippen LogP contribution in [0.4, 0.5) is 5.69 Å². The molecule has 1 aliphatic heterocycles. The molecule has 0 spiro atoms. The number of anilines is 1. The van der Waals surface area contributed by atoms with Gasteiger partial charge in [0.1, 0.15) is 0 Å². The fraction of sp³-hybridized carbons (Fsp3) is 0.500. The van der Waals surface area contributed by atoms with Crippen LogP contribution in [0.1, 0.15) is 18.9 Å². The van der Waals surface area contributed by atoms with E-state index >= 15 is 0 Å². The summed E-state index contributed by atoms with van der Waals surface area (Å²) in [5.41, 5.74) is 2.21. The summed E-state index contributed by atoms with van der Waals surface area (Å²) in [4.78, 5) is 14.1. The average Bonchev–Trinajstić information content (AvgIpc) is 2.61. The Labute approximate surface area is 108 Å². The number of para-hydroxylation sites is 1. The molecule has 1 aromatic rings. The minimum atomic E-state index is 0.139. The summed E-state index contributed by atoms with van der Waals surface area (Å²) in [7, 11) is 0. The zero-order chi connectivity index (χ0) is 12.8. The van der Waals surface area contributed by atoms with Crippen molar-refractivity contribution in [2.24, 2.45) is 0 Å². The lowest BCUT2D eigenvalue weighted by molar-refractivity contribution is -0.119. The van der Waals surface area contributed by atoms with E-state index in [2.05, 4.69) is 11.4 Å². The van der Waals surface area contributed by atoms with Crippen LogP contribution in [0, 0.1) is 0 Å². The molecule has 0 saturated heterocycles. The Morgan fingerprint density at radius 3 is 3.11 bits per heavy atom. The van der Waals surface area contributed by atoms with Gasteiger partial charge in [-0.3, -0.25) is 4.79 Å². The summed E-state index contributed by atoms with van der Waals surface area (Å²) < 4.78 is 5.25. The van der Waals surface area contributed by atoms with E-state index in [1.165, 1.54) is 5.56 Å². The number of fused-ring (bicyclic) bond motifs is 1. The molecular formula is C14H20N2O2. The molecule has 0 atom stereocenters. The summed E-state index contributed by atoms with van der Waals surface area (Å²) in [6.45, 7) is 5.48. The molecule has 0 bridgehead atoms. The molecule has 98 valence electrons. The van der Waals surface area contributed by atoms with Crippen LogP contribution >= 0.6 is 0 Å². The molecule has 0 radical (unpaired) electrons. The molecule has 4 nitrogen and oxygen atoms in total. The highest BCUT2D eigenvalue weighted by Crippen LogP contribution is 2.22. The maximum atomic E-state index is 12.2. The first kappa shape index (κ1) is 13.1. The Morgan fingerprint density at radius 2 is 2.28 bits per heavy atom. The highest BCUT2D eigenvalue weighted by molar-refractivity contribution is 5.94. The smallest absolute Gasteiger partial charge is 0.229 e. The second-order valence-corrected chi connectivity index (χ2v) is 4.30. The lowest BCUT2D eigenvalue weighted by Gasteiger charge is -2.22. The van der Waals surface area contributed by atoms with E-state index in [4.69, 9.17) is 4.74 Å². The molecule has 1 aliphatic rings. The molecule has 0 saturated carbocycles. The lowest BCUT2D eigenvalue weighted by Crippen LogP contribution is -2.35. The van der Waals surface area contributed by atoms with Crippen molar-refractivity contribution >= 4 is 11.6 Å². The summed E-state index contributed by atoms with van der Waals surface area (Å²) >= 11 is 0. The third-order valence-corrected chi connectivity index (χ3v) is 3.08. The topological polar surface area (TPSA) is 41.6 Å². The summed E-state index contributed by atoms with van der Waals surface area (Å²) in [5, 5.41) is 3.33. The van der Waals surface area contributed by atoms with E-state index in [0.29, 0.717) is 19.6 Å². The Balaban J connectivity index is 2.09. The fourth-order valence-electron chi connectivity index (χ4n) is 2.16. The molecule has 4 heteroatoms. The van der Waals surface area contributed by atoms with Crippen molar-refractivity contribution in [1.82, 2.24) is 5.32 Å². The molecule has 0 fully saturated rings. The first-order valence-corrected chi connectivity index (χ1v) is 6.49. The third-order valence-electron chi connectivity index (χ3n) is 3.08. The highest BCUT2D eigenvalue weighted by atomic mass is 16.5. The molecule has 0 aromatic heterocycles. The number of amides is 1. The SMILES string of the molecule is CCOCCC(=O)N1CCNCc2ccccc21. The Hall–Kier alpha value is -1.39. The molecule has 1 N–H and O–H groups in total. The van der Waals surface area contributed by atoms with Crippen LogP contribution in [0.25, 0.3) is 0 Å². The number of carbonyl (C=O) groups excluding carboxylic acids is 1. The van der Waals surface area contributed by atoms with Gasteiger partial charge in [-0.05, 0) is 18.6 Å². The second kappa shape index (κ2) is 6.52. The Kier molecular flexibility index (Phi) is 4.73. The van der Waals surface area contributed by atoms with Crippen LogP contribution in [0.5, 0.6) is 0 Å². The van der Waals surface area contributed by atoms with E-state index in [0.717, 1.165) is 25.3 Å². The maximum absolute atomic E-state index is 12.2. The number of benzene rings is 1. The van der Waals surface area contributed by atoms with Gasteiger partial charge in [-0.1, -0.05) is 18.2 Å². The van der Waals surface area contributed by atoms with Crippen LogP contribution in [0.2, 0.25) is 0 Å². The van der Waals surface area contributed by atoms with Gasteiger partial charge in [0, 0.05) is 31.9 Å². The molecule has 0 unspecified atom stereocenters. The lowest BCUT2D eigenvalue weighted by atomic mass is 10.1. The number of nitrogens with one attached hydrogen (secondary N) is 1. The number of nitrogens with zero attached hydrogens (tertiary/aromatic N) is 1. The van der Waals surface area contributed by atoms with Gasteiger partial charge in [0.25, 0.3) is 0 Å². The Bertz CT molecular complexity index is 407. The first-order valence-electron chi connectivity index (χ1n) is 6.49. The van der Waals surface area contributed by atoms with E-state index in [9.17, 15) is 4.79 Å². The fourth-order valence-corrected chi connectivity index (χ4v) is 2.16. The summed E-state index contributed by atoms with van der Waals surface area (Å²) in [6, 6.07) is 8.07. The zero-order valence-corrected chi connectivity index (χ0v) is 10.8. The number of hydrogen-bond acceptors (Lipinski definition) is 3. The number of hydrogen-bond donors (Lipinski definition) is 1. The van der Waals surface area contributed by atoms with Gasteiger partial charge in [0.15, 0.2) is 0 Å². The number of carbonyl (C=O) groups is 1. The van der Waals surface area contributed by atoms with Crippen molar-refractivity contribution in [1.29, 1.82) is 0 Å². The predicted octanol–water partition coefficient (Wildman–Crippen LogP) is 1.55. The van der Waals surface area contributed by atoms with Gasteiger partial charge < -0.3 is 15.0 Å². The van der Waals surface area contributed by atoms with Crippen molar-refractivity contribution in [2.45, 2.75) is 19.9 Å². The average molecular weight is 248 g/mol. The summed E-state index contributed by atoms with van der Waals surface area (Å²) in [6.07, 6.45) is 0.447. The van der Waals surface area contributed by atoms with Crippen molar-refractivity contribution in [3.05, 3.63) is 29.8 Å². The van der Waals surface area contributed by atoms with E-state index in [-0.39, 0.29) is 5.91 Å². The van der Waals surface area contributed by atoms with Gasteiger partial charge in [-0.25, -0.2) is 0 Å². The predicted molar refractivity (Wildman–Crippen MR) is 71.6 cm³/mol. The van der Waals surface area contributed by atoms with Gasteiger partial charge >= 0.3 is 0 Å². The van der Waals surface area contributed by atoms with E-state index in [1.807, 2.05) is 30.0 Å². The van der Waals surface area contributed by atoms with Gasteiger partial charge in [0.05, 0.1) is 13.0 Å². The van der Waals surface area contributed by atoms with Crippen LogP contribution in [0.15, 0.2) is 24.3 Å². The molecule has 1 aromatic carbocycles. The van der Waals surface area contributed by atoms with Crippen molar-refractivity contribution < 1.29 is 9.53 Å². The first-order chi connectivity index (χ1) is 8.83. The Morgan fingerprint density at radius 1 is 1.44 bits per heavy atom. The molecule has 0 aliphatic carbocycles. The minimum absolute atomic E-state index is 0.139. The molecule has 1 amide bonds.